The number of aryl methyl sites for hydroxylation is 1. The average molecular weight is 263 g/mol. The maximum absolute atomic E-state index is 6.15. The van der Waals surface area contributed by atoms with Crippen molar-refractivity contribution in [3.8, 4) is 5.88 Å². The van der Waals surface area contributed by atoms with Gasteiger partial charge in [-0.2, -0.15) is 0 Å². The summed E-state index contributed by atoms with van der Waals surface area (Å²) in [5.41, 5.74) is 2.97. The Hall–Kier alpha value is -1.74. The number of methoxy groups -OCH3 is 1. The molecule has 0 aliphatic heterocycles. The van der Waals surface area contributed by atoms with Crippen molar-refractivity contribution in [1.82, 2.24) is 4.98 Å². The molecule has 1 N–H and O–H groups in total. The molecule has 0 amide bonds. The molecule has 4 heteroatoms. The Balaban J connectivity index is 2.11. The van der Waals surface area contributed by atoms with Gasteiger partial charge in [-0.3, -0.25) is 0 Å². The number of benzene rings is 1. The number of halogens is 1. The van der Waals surface area contributed by atoms with E-state index >= 15 is 0 Å². The van der Waals surface area contributed by atoms with E-state index in [0.717, 1.165) is 22.0 Å². The summed E-state index contributed by atoms with van der Waals surface area (Å²) >= 11 is 6.15. The van der Waals surface area contributed by atoms with Crippen LogP contribution in [-0.4, -0.2) is 12.1 Å². The van der Waals surface area contributed by atoms with E-state index in [1.165, 1.54) is 0 Å². The highest BCUT2D eigenvalue weighted by Crippen LogP contribution is 2.25. The van der Waals surface area contributed by atoms with E-state index in [1.54, 1.807) is 7.11 Å². The zero-order valence-corrected chi connectivity index (χ0v) is 11.2. The van der Waals surface area contributed by atoms with Crippen LogP contribution in [0.2, 0.25) is 5.02 Å². The van der Waals surface area contributed by atoms with Gasteiger partial charge < -0.3 is 10.1 Å². The van der Waals surface area contributed by atoms with Crippen LogP contribution in [0.15, 0.2) is 36.4 Å². The standard InChI is InChI=1S/C14H15ClN2O/c1-10-5-3-7-12(15)14(10)16-9-11-6-4-8-13(17-11)18-2/h3-8,16H,9H2,1-2H3. The second kappa shape index (κ2) is 5.74. The van der Waals surface area contributed by atoms with E-state index in [0.29, 0.717) is 12.4 Å². The van der Waals surface area contributed by atoms with Crippen LogP contribution in [0.4, 0.5) is 5.69 Å². The Morgan fingerprint density at radius 3 is 2.72 bits per heavy atom. The van der Waals surface area contributed by atoms with Gasteiger partial charge in [-0.1, -0.05) is 29.8 Å². The van der Waals surface area contributed by atoms with E-state index in [4.69, 9.17) is 16.3 Å². The van der Waals surface area contributed by atoms with Crippen LogP contribution in [0.25, 0.3) is 0 Å². The lowest BCUT2D eigenvalue weighted by Gasteiger charge is -2.11. The Labute approximate surface area is 112 Å². The fourth-order valence-electron chi connectivity index (χ4n) is 1.70. The number of aromatic nitrogens is 1. The van der Waals surface area contributed by atoms with Gasteiger partial charge in [-0.25, -0.2) is 4.98 Å². The number of para-hydroxylation sites is 1. The van der Waals surface area contributed by atoms with E-state index in [2.05, 4.69) is 10.3 Å². The lowest BCUT2D eigenvalue weighted by atomic mass is 10.2. The van der Waals surface area contributed by atoms with Gasteiger partial charge in [0.15, 0.2) is 0 Å². The molecule has 0 fully saturated rings. The molecule has 1 heterocycles. The SMILES string of the molecule is COc1cccc(CNc2c(C)cccc2Cl)n1. The third-order valence-corrected chi connectivity index (χ3v) is 2.97. The summed E-state index contributed by atoms with van der Waals surface area (Å²) in [7, 11) is 1.61. The number of pyridine rings is 1. The highest BCUT2D eigenvalue weighted by Gasteiger charge is 2.04. The largest absolute Gasteiger partial charge is 0.481 e. The molecule has 0 bridgehead atoms. The molecule has 1 aromatic heterocycles. The molecule has 0 spiro atoms. The summed E-state index contributed by atoms with van der Waals surface area (Å²) < 4.78 is 5.09. The fourth-order valence-corrected chi connectivity index (χ4v) is 1.99. The van der Waals surface area contributed by atoms with Crippen molar-refractivity contribution in [3.63, 3.8) is 0 Å². The van der Waals surface area contributed by atoms with Crippen LogP contribution in [-0.2, 0) is 6.54 Å². The smallest absolute Gasteiger partial charge is 0.213 e. The van der Waals surface area contributed by atoms with Gasteiger partial charge in [0.05, 0.1) is 30.1 Å². The fraction of sp³-hybridized carbons (Fsp3) is 0.214. The second-order valence-electron chi connectivity index (χ2n) is 3.96. The maximum atomic E-state index is 6.15. The van der Waals surface area contributed by atoms with Crippen LogP contribution in [0.3, 0.4) is 0 Å². The first-order valence-corrected chi connectivity index (χ1v) is 6.07. The van der Waals surface area contributed by atoms with E-state index in [-0.39, 0.29) is 0 Å². The summed E-state index contributed by atoms with van der Waals surface area (Å²) in [4.78, 5) is 4.34. The number of anilines is 1. The Morgan fingerprint density at radius 1 is 1.22 bits per heavy atom. The Morgan fingerprint density at radius 2 is 2.00 bits per heavy atom. The van der Waals surface area contributed by atoms with Gasteiger partial charge in [0.2, 0.25) is 5.88 Å². The van der Waals surface area contributed by atoms with Crippen molar-refractivity contribution in [2.45, 2.75) is 13.5 Å². The highest BCUT2D eigenvalue weighted by atomic mass is 35.5. The minimum atomic E-state index is 0.613. The van der Waals surface area contributed by atoms with E-state index in [9.17, 15) is 0 Å². The summed E-state index contributed by atoms with van der Waals surface area (Å²) in [6.45, 7) is 2.63. The molecule has 2 rings (SSSR count). The number of nitrogens with zero attached hydrogens (tertiary/aromatic N) is 1. The predicted molar refractivity (Wildman–Crippen MR) is 74.3 cm³/mol. The molecular formula is C14H15ClN2O. The number of rotatable bonds is 4. The molecule has 0 aliphatic carbocycles. The first-order valence-electron chi connectivity index (χ1n) is 5.69. The quantitative estimate of drug-likeness (QED) is 0.913. The normalized spacial score (nSPS) is 10.2. The Kier molecular flexibility index (Phi) is 4.05. The zero-order valence-electron chi connectivity index (χ0n) is 10.4. The van der Waals surface area contributed by atoms with Gasteiger partial charge >= 0.3 is 0 Å². The topological polar surface area (TPSA) is 34.1 Å². The number of nitrogens with one attached hydrogen (secondary N) is 1. The highest BCUT2D eigenvalue weighted by molar-refractivity contribution is 6.33. The third kappa shape index (κ3) is 2.93. The molecule has 0 unspecified atom stereocenters. The second-order valence-corrected chi connectivity index (χ2v) is 4.36. The molecule has 94 valence electrons. The zero-order chi connectivity index (χ0) is 13.0. The molecule has 0 saturated heterocycles. The van der Waals surface area contributed by atoms with Crippen LogP contribution >= 0.6 is 11.6 Å². The molecule has 18 heavy (non-hydrogen) atoms. The molecule has 3 nitrogen and oxygen atoms in total. The lowest BCUT2D eigenvalue weighted by molar-refractivity contribution is 0.396. The minimum absolute atomic E-state index is 0.613. The van der Waals surface area contributed by atoms with Crippen LogP contribution in [0.5, 0.6) is 5.88 Å². The number of hydrogen-bond donors (Lipinski definition) is 1. The summed E-state index contributed by atoms with van der Waals surface area (Å²) in [5.74, 6) is 0.616. The molecule has 0 radical (unpaired) electrons. The van der Waals surface area contributed by atoms with E-state index < -0.39 is 0 Å². The number of hydrogen-bond acceptors (Lipinski definition) is 3. The maximum Gasteiger partial charge on any atom is 0.213 e. The first-order chi connectivity index (χ1) is 8.70. The third-order valence-electron chi connectivity index (χ3n) is 2.66. The number of ether oxygens (including phenoxy) is 1. The Bertz CT molecular complexity index is 523. The van der Waals surface area contributed by atoms with Gasteiger partial charge in [0.25, 0.3) is 0 Å². The molecular weight excluding hydrogens is 248 g/mol. The molecule has 1 aromatic carbocycles. The average Bonchev–Trinajstić information content (AvgIpc) is 2.38. The lowest BCUT2D eigenvalue weighted by Crippen LogP contribution is -2.04. The van der Waals surface area contributed by atoms with Crippen LogP contribution in [0.1, 0.15) is 11.3 Å². The van der Waals surface area contributed by atoms with E-state index in [1.807, 2.05) is 43.3 Å². The summed E-state index contributed by atoms with van der Waals surface area (Å²) in [5, 5.41) is 4.02. The van der Waals surface area contributed by atoms with Crippen molar-refractivity contribution in [3.05, 3.63) is 52.7 Å². The van der Waals surface area contributed by atoms with Gasteiger partial charge in [0, 0.05) is 6.07 Å². The molecule has 0 aliphatic rings. The molecule has 0 atom stereocenters. The summed E-state index contributed by atoms with van der Waals surface area (Å²) in [6.07, 6.45) is 0. The minimum Gasteiger partial charge on any atom is -0.481 e. The van der Waals surface area contributed by atoms with Crippen LogP contribution in [0, 0.1) is 6.92 Å². The monoisotopic (exact) mass is 262 g/mol. The molecule has 0 saturated carbocycles. The van der Waals surface area contributed by atoms with Crippen molar-refractivity contribution in [2.24, 2.45) is 0 Å². The summed E-state index contributed by atoms with van der Waals surface area (Å²) in [6, 6.07) is 11.5. The van der Waals surface area contributed by atoms with Crippen molar-refractivity contribution < 1.29 is 4.74 Å². The predicted octanol–water partition coefficient (Wildman–Crippen LogP) is 3.66. The van der Waals surface area contributed by atoms with Gasteiger partial charge in [-0.05, 0) is 24.6 Å². The first kappa shape index (κ1) is 12.7. The van der Waals surface area contributed by atoms with Crippen molar-refractivity contribution >= 4 is 17.3 Å². The molecule has 2 aromatic rings. The van der Waals surface area contributed by atoms with Crippen molar-refractivity contribution in [1.29, 1.82) is 0 Å². The van der Waals surface area contributed by atoms with Gasteiger partial charge in [-0.15, -0.1) is 0 Å². The van der Waals surface area contributed by atoms with Crippen LogP contribution < -0.4 is 10.1 Å². The van der Waals surface area contributed by atoms with Crippen molar-refractivity contribution in [2.75, 3.05) is 12.4 Å². The van der Waals surface area contributed by atoms with Gasteiger partial charge in [0.1, 0.15) is 0 Å².